The van der Waals surface area contributed by atoms with Crippen LogP contribution < -0.4 is 10.6 Å². The summed E-state index contributed by atoms with van der Waals surface area (Å²) in [5.41, 5.74) is 2.96. The van der Waals surface area contributed by atoms with Gasteiger partial charge in [0.05, 0.1) is 29.3 Å². The number of aromatic nitrogens is 4. The Kier molecular flexibility index (Phi) is 4.62. The molecule has 1 saturated carbocycles. The van der Waals surface area contributed by atoms with Crippen molar-refractivity contribution in [3.8, 4) is 11.1 Å². The summed E-state index contributed by atoms with van der Waals surface area (Å²) < 4.78 is 13.9. The van der Waals surface area contributed by atoms with Gasteiger partial charge in [-0.15, -0.1) is 0 Å². The van der Waals surface area contributed by atoms with Gasteiger partial charge in [0, 0.05) is 29.3 Å². The van der Waals surface area contributed by atoms with Gasteiger partial charge in [-0.2, -0.15) is 5.10 Å². The first-order chi connectivity index (χ1) is 15.1. The van der Waals surface area contributed by atoms with Crippen molar-refractivity contribution in [2.45, 2.75) is 12.8 Å². The number of hydrogen-bond donors (Lipinski definition) is 3. The highest BCUT2D eigenvalue weighted by Crippen LogP contribution is 2.31. The fourth-order valence-corrected chi connectivity index (χ4v) is 3.27. The molecule has 3 heterocycles. The first-order valence-electron chi connectivity index (χ1n) is 9.74. The summed E-state index contributed by atoms with van der Waals surface area (Å²) in [6.07, 6.45) is 7.66. The van der Waals surface area contributed by atoms with Crippen molar-refractivity contribution in [3.05, 3.63) is 66.6 Å². The molecule has 3 N–H and O–H groups in total. The van der Waals surface area contributed by atoms with Gasteiger partial charge in [-0.25, -0.2) is 4.39 Å². The van der Waals surface area contributed by atoms with Crippen LogP contribution in [0.4, 0.5) is 15.8 Å². The molecule has 5 rings (SSSR count). The van der Waals surface area contributed by atoms with Gasteiger partial charge in [-0.3, -0.25) is 24.7 Å². The summed E-state index contributed by atoms with van der Waals surface area (Å²) in [6, 6.07) is 8.47. The second kappa shape index (κ2) is 7.60. The average Bonchev–Trinajstić information content (AvgIpc) is 3.54. The first-order valence-corrected chi connectivity index (χ1v) is 9.74. The highest BCUT2D eigenvalue weighted by atomic mass is 19.1. The molecule has 2 amide bonds. The predicted molar refractivity (Wildman–Crippen MR) is 113 cm³/mol. The van der Waals surface area contributed by atoms with Crippen LogP contribution in [-0.2, 0) is 4.79 Å². The number of nitrogens with zero attached hydrogens (tertiary/aromatic N) is 3. The number of hydrogen-bond acceptors (Lipinski definition) is 5. The third kappa shape index (κ3) is 3.85. The molecule has 0 unspecified atom stereocenters. The molecule has 1 aliphatic carbocycles. The number of benzene rings is 1. The topological polar surface area (TPSA) is 113 Å². The van der Waals surface area contributed by atoms with E-state index >= 15 is 0 Å². The molecule has 0 radical (unpaired) electrons. The van der Waals surface area contributed by atoms with Crippen molar-refractivity contribution in [1.82, 2.24) is 20.2 Å². The Hall–Kier alpha value is -4.14. The maximum atomic E-state index is 13.9. The van der Waals surface area contributed by atoms with Gasteiger partial charge in [0.2, 0.25) is 5.91 Å². The van der Waals surface area contributed by atoms with Gasteiger partial charge in [-0.1, -0.05) is 6.07 Å². The van der Waals surface area contributed by atoms with Gasteiger partial charge in [-0.05, 0) is 42.7 Å². The van der Waals surface area contributed by atoms with Crippen LogP contribution in [0.2, 0.25) is 0 Å². The fourth-order valence-electron chi connectivity index (χ4n) is 3.27. The van der Waals surface area contributed by atoms with E-state index in [4.69, 9.17) is 0 Å². The van der Waals surface area contributed by atoms with Gasteiger partial charge in [0.25, 0.3) is 5.91 Å². The van der Waals surface area contributed by atoms with Crippen LogP contribution >= 0.6 is 0 Å². The first kappa shape index (κ1) is 18.9. The molecular weight excluding hydrogens is 399 g/mol. The summed E-state index contributed by atoms with van der Waals surface area (Å²) >= 11 is 0. The van der Waals surface area contributed by atoms with E-state index in [0.717, 1.165) is 24.0 Å². The molecule has 1 aromatic carbocycles. The van der Waals surface area contributed by atoms with Crippen LogP contribution in [0.25, 0.3) is 22.0 Å². The maximum Gasteiger partial charge on any atom is 0.276 e. The molecule has 1 aliphatic rings. The Balaban J connectivity index is 1.44. The van der Waals surface area contributed by atoms with Crippen molar-refractivity contribution >= 4 is 34.1 Å². The minimum absolute atomic E-state index is 0.00540. The van der Waals surface area contributed by atoms with Crippen LogP contribution in [0.15, 0.2) is 55.1 Å². The summed E-state index contributed by atoms with van der Waals surface area (Å²) in [4.78, 5) is 32.8. The van der Waals surface area contributed by atoms with Crippen molar-refractivity contribution < 1.29 is 14.0 Å². The standard InChI is InChI=1S/C22H17FN6O2/c23-17-5-6-24-11-19(17)27-22(31)20-16-8-13(3-4-18(16)28-29-20)14-7-15(10-25-9-14)26-21(30)12-1-2-12/h3-12H,1-2H2,(H,26,30)(H,27,31)(H,28,29). The minimum atomic E-state index is -0.583. The van der Waals surface area contributed by atoms with Crippen molar-refractivity contribution in [3.63, 3.8) is 0 Å². The second-order valence-corrected chi connectivity index (χ2v) is 7.37. The molecule has 0 aliphatic heterocycles. The Morgan fingerprint density at radius 1 is 1.00 bits per heavy atom. The largest absolute Gasteiger partial charge is 0.324 e. The lowest BCUT2D eigenvalue weighted by atomic mass is 10.0. The van der Waals surface area contributed by atoms with E-state index in [1.807, 2.05) is 12.1 Å². The van der Waals surface area contributed by atoms with Crippen LogP contribution in [-0.4, -0.2) is 32.0 Å². The lowest BCUT2D eigenvalue weighted by Gasteiger charge is -2.07. The highest BCUT2D eigenvalue weighted by molar-refractivity contribution is 6.11. The minimum Gasteiger partial charge on any atom is -0.324 e. The number of nitrogens with one attached hydrogen (secondary N) is 3. The molecule has 9 heteroatoms. The average molecular weight is 416 g/mol. The van der Waals surface area contributed by atoms with E-state index in [1.165, 1.54) is 18.5 Å². The number of anilines is 2. The van der Waals surface area contributed by atoms with E-state index in [1.54, 1.807) is 24.5 Å². The number of fused-ring (bicyclic) bond motifs is 1. The summed E-state index contributed by atoms with van der Waals surface area (Å²) in [5.74, 6) is -1.04. The van der Waals surface area contributed by atoms with E-state index in [2.05, 4.69) is 30.8 Å². The number of amides is 2. The normalized spacial score (nSPS) is 13.2. The molecule has 8 nitrogen and oxygen atoms in total. The van der Waals surface area contributed by atoms with E-state index < -0.39 is 11.7 Å². The molecule has 31 heavy (non-hydrogen) atoms. The molecule has 0 saturated heterocycles. The van der Waals surface area contributed by atoms with Gasteiger partial charge >= 0.3 is 0 Å². The van der Waals surface area contributed by atoms with E-state index in [0.29, 0.717) is 16.6 Å². The molecule has 0 atom stereocenters. The predicted octanol–water partition coefficient (Wildman–Crippen LogP) is 3.76. The third-order valence-corrected chi connectivity index (χ3v) is 5.08. The lowest BCUT2D eigenvalue weighted by molar-refractivity contribution is -0.117. The summed E-state index contributed by atoms with van der Waals surface area (Å²) in [5, 5.41) is 12.8. The monoisotopic (exact) mass is 416 g/mol. The highest BCUT2D eigenvalue weighted by Gasteiger charge is 2.29. The van der Waals surface area contributed by atoms with Gasteiger partial charge in [0.1, 0.15) is 5.82 Å². The number of halogens is 1. The number of aromatic amines is 1. The van der Waals surface area contributed by atoms with Crippen LogP contribution in [0.1, 0.15) is 23.3 Å². The van der Waals surface area contributed by atoms with Crippen LogP contribution in [0.5, 0.6) is 0 Å². The van der Waals surface area contributed by atoms with E-state index in [9.17, 15) is 14.0 Å². The second-order valence-electron chi connectivity index (χ2n) is 7.37. The molecule has 0 spiro atoms. The Morgan fingerprint density at radius 3 is 2.68 bits per heavy atom. The zero-order valence-corrected chi connectivity index (χ0v) is 16.2. The van der Waals surface area contributed by atoms with Crippen LogP contribution in [0.3, 0.4) is 0 Å². The van der Waals surface area contributed by atoms with Crippen molar-refractivity contribution in [1.29, 1.82) is 0 Å². The van der Waals surface area contributed by atoms with Crippen molar-refractivity contribution in [2.75, 3.05) is 10.6 Å². The summed E-state index contributed by atoms with van der Waals surface area (Å²) in [6.45, 7) is 0. The smallest absolute Gasteiger partial charge is 0.276 e. The Bertz CT molecular complexity index is 1310. The number of rotatable bonds is 5. The number of pyridine rings is 2. The Morgan fingerprint density at radius 2 is 1.87 bits per heavy atom. The Labute approximate surface area is 175 Å². The molecular formula is C22H17FN6O2. The number of carbonyl (C=O) groups excluding carboxylic acids is 2. The zero-order valence-electron chi connectivity index (χ0n) is 16.2. The van der Waals surface area contributed by atoms with Gasteiger partial charge < -0.3 is 10.6 Å². The lowest BCUT2D eigenvalue weighted by Crippen LogP contribution is -2.14. The fraction of sp³-hybridized carbons (Fsp3) is 0.136. The van der Waals surface area contributed by atoms with Crippen molar-refractivity contribution in [2.24, 2.45) is 5.92 Å². The third-order valence-electron chi connectivity index (χ3n) is 5.08. The quantitative estimate of drug-likeness (QED) is 0.459. The SMILES string of the molecule is O=C(Nc1cnccc1F)c1n[nH]c2ccc(-c3cncc(NC(=O)C4CC4)c3)cc12. The maximum absolute atomic E-state index is 13.9. The molecule has 1 fully saturated rings. The number of carbonyl (C=O) groups is 2. The summed E-state index contributed by atoms with van der Waals surface area (Å²) in [7, 11) is 0. The zero-order chi connectivity index (χ0) is 21.4. The molecule has 154 valence electrons. The van der Waals surface area contributed by atoms with E-state index in [-0.39, 0.29) is 23.2 Å². The number of H-pyrrole nitrogens is 1. The van der Waals surface area contributed by atoms with Gasteiger partial charge in [0.15, 0.2) is 5.69 Å². The molecule has 4 aromatic rings. The molecule has 0 bridgehead atoms. The molecule has 3 aromatic heterocycles. The van der Waals surface area contributed by atoms with Crippen LogP contribution in [0, 0.1) is 11.7 Å².